The molecule has 27 heavy (non-hydrogen) atoms. The van der Waals surface area contributed by atoms with Gasteiger partial charge in [-0.05, 0) is 31.0 Å². The molecule has 3 aromatic rings. The van der Waals surface area contributed by atoms with Crippen LogP contribution in [-0.2, 0) is 11.2 Å². The molecule has 0 aliphatic rings. The van der Waals surface area contributed by atoms with Crippen molar-refractivity contribution in [2.45, 2.75) is 19.8 Å². The Morgan fingerprint density at radius 1 is 1.11 bits per heavy atom. The van der Waals surface area contributed by atoms with Gasteiger partial charge in [-0.3, -0.25) is 4.79 Å². The lowest BCUT2D eigenvalue weighted by Gasteiger charge is -2.08. The van der Waals surface area contributed by atoms with Gasteiger partial charge in [0.1, 0.15) is 11.5 Å². The second kappa shape index (κ2) is 8.68. The second-order valence-corrected chi connectivity index (χ2v) is 7.00. The third kappa shape index (κ3) is 4.86. The summed E-state index contributed by atoms with van der Waals surface area (Å²) < 4.78 is 10.6. The average molecular weight is 382 g/mol. The number of benzene rings is 2. The largest absolute Gasteiger partial charge is 0.497 e. The van der Waals surface area contributed by atoms with Crippen molar-refractivity contribution < 1.29 is 14.3 Å². The number of aryl methyl sites for hydroxylation is 2. The SMILES string of the molecule is COc1ccc(-c2csc(NC(=O)CCc3ccc(C)cc3)n2)c(OC)c1. The van der Waals surface area contributed by atoms with E-state index >= 15 is 0 Å². The van der Waals surface area contributed by atoms with Crippen LogP contribution in [-0.4, -0.2) is 25.1 Å². The summed E-state index contributed by atoms with van der Waals surface area (Å²) in [7, 11) is 3.22. The summed E-state index contributed by atoms with van der Waals surface area (Å²) in [5.41, 5.74) is 3.98. The summed E-state index contributed by atoms with van der Waals surface area (Å²) in [4.78, 5) is 16.7. The molecule has 1 aromatic heterocycles. The van der Waals surface area contributed by atoms with Gasteiger partial charge in [-0.2, -0.15) is 0 Å². The first-order valence-electron chi connectivity index (χ1n) is 8.62. The second-order valence-electron chi connectivity index (χ2n) is 6.14. The van der Waals surface area contributed by atoms with E-state index in [4.69, 9.17) is 9.47 Å². The molecular weight excluding hydrogens is 360 g/mol. The highest BCUT2D eigenvalue weighted by molar-refractivity contribution is 7.14. The van der Waals surface area contributed by atoms with Gasteiger partial charge in [-0.15, -0.1) is 11.3 Å². The predicted molar refractivity (Wildman–Crippen MR) is 109 cm³/mol. The fraction of sp³-hybridized carbons (Fsp3) is 0.238. The summed E-state index contributed by atoms with van der Waals surface area (Å²) in [6.45, 7) is 2.05. The number of rotatable bonds is 7. The molecule has 0 bridgehead atoms. The summed E-state index contributed by atoms with van der Waals surface area (Å²) >= 11 is 1.40. The molecule has 0 radical (unpaired) electrons. The van der Waals surface area contributed by atoms with Crippen LogP contribution in [0.4, 0.5) is 5.13 Å². The maximum atomic E-state index is 12.2. The zero-order chi connectivity index (χ0) is 19.2. The Morgan fingerprint density at radius 3 is 2.59 bits per heavy atom. The first-order chi connectivity index (χ1) is 13.1. The normalized spacial score (nSPS) is 10.5. The molecule has 3 rings (SSSR count). The molecule has 1 N–H and O–H groups in total. The van der Waals surface area contributed by atoms with E-state index in [9.17, 15) is 4.79 Å². The Kier molecular flexibility index (Phi) is 6.08. The summed E-state index contributed by atoms with van der Waals surface area (Å²) in [6.07, 6.45) is 1.13. The third-order valence-corrected chi connectivity index (χ3v) is 4.95. The molecule has 0 aliphatic carbocycles. The van der Waals surface area contributed by atoms with Crippen molar-refractivity contribution >= 4 is 22.4 Å². The van der Waals surface area contributed by atoms with Crippen LogP contribution < -0.4 is 14.8 Å². The van der Waals surface area contributed by atoms with E-state index in [-0.39, 0.29) is 5.91 Å². The number of amides is 1. The van der Waals surface area contributed by atoms with Gasteiger partial charge in [0, 0.05) is 23.4 Å². The van der Waals surface area contributed by atoms with E-state index < -0.39 is 0 Å². The van der Waals surface area contributed by atoms with Crippen molar-refractivity contribution in [1.29, 1.82) is 0 Å². The molecule has 5 nitrogen and oxygen atoms in total. The molecule has 0 unspecified atom stereocenters. The molecule has 0 spiro atoms. The van der Waals surface area contributed by atoms with Crippen molar-refractivity contribution in [1.82, 2.24) is 4.98 Å². The topological polar surface area (TPSA) is 60.5 Å². The van der Waals surface area contributed by atoms with Crippen LogP contribution in [0, 0.1) is 6.92 Å². The Bertz CT molecular complexity index is 919. The minimum Gasteiger partial charge on any atom is -0.497 e. The Labute approximate surface area is 163 Å². The number of anilines is 1. The minimum absolute atomic E-state index is 0.0434. The molecule has 0 aliphatic heterocycles. The molecule has 0 fully saturated rings. The first kappa shape index (κ1) is 18.9. The molecule has 6 heteroatoms. The number of hydrogen-bond donors (Lipinski definition) is 1. The maximum absolute atomic E-state index is 12.2. The highest BCUT2D eigenvalue weighted by atomic mass is 32.1. The fourth-order valence-corrected chi connectivity index (χ4v) is 3.39. The van der Waals surface area contributed by atoms with Crippen LogP contribution in [0.15, 0.2) is 47.8 Å². The third-order valence-electron chi connectivity index (χ3n) is 4.20. The van der Waals surface area contributed by atoms with Crippen molar-refractivity contribution in [3.63, 3.8) is 0 Å². The number of aromatic nitrogens is 1. The van der Waals surface area contributed by atoms with Gasteiger partial charge in [0.2, 0.25) is 5.91 Å². The average Bonchev–Trinajstić information content (AvgIpc) is 3.15. The maximum Gasteiger partial charge on any atom is 0.226 e. The minimum atomic E-state index is -0.0434. The van der Waals surface area contributed by atoms with Crippen LogP contribution in [0.3, 0.4) is 0 Å². The number of methoxy groups -OCH3 is 2. The standard InChI is InChI=1S/C21H22N2O3S/c1-14-4-6-15(7-5-14)8-11-20(24)23-21-22-18(13-27-21)17-10-9-16(25-2)12-19(17)26-3/h4-7,9-10,12-13H,8,11H2,1-3H3,(H,22,23,24). The molecule has 1 heterocycles. The van der Waals surface area contributed by atoms with Gasteiger partial charge in [-0.1, -0.05) is 29.8 Å². The number of carbonyl (C=O) groups excluding carboxylic acids is 1. The fourth-order valence-electron chi connectivity index (χ4n) is 2.66. The van der Waals surface area contributed by atoms with Crippen molar-refractivity contribution in [3.05, 3.63) is 59.0 Å². The molecule has 0 saturated carbocycles. The van der Waals surface area contributed by atoms with Crippen molar-refractivity contribution in [3.8, 4) is 22.8 Å². The van der Waals surface area contributed by atoms with E-state index in [0.29, 0.717) is 23.7 Å². The van der Waals surface area contributed by atoms with Gasteiger partial charge in [0.15, 0.2) is 5.13 Å². The Balaban J connectivity index is 1.63. The number of ether oxygens (including phenoxy) is 2. The van der Waals surface area contributed by atoms with Gasteiger partial charge < -0.3 is 14.8 Å². The summed E-state index contributed by atoms with van der Waals surface area (Å²) in [5.74, 6) is 1.35. The van der Waals surface area contributed by atoms with E-state index in [1.807, 2.05) is 30.5 Å². The zero-order valence-electron chi connectivity index (χ0n) is 15.6. The molecule has 2 aromatic carbocycles. The van der Waals surface area contributed by atoms with Crippen LogP contribution >= 0.6 is 11.3 Å². The number of nitrogens with zero attached hydrogens (tertiary/aromatic N) is 1. The van der Waals surface area contributed by atoms with Gasteiger partial charge in [0.05, 0.1) is 19.9 Å². The zero-order valence-corrected chi connectivity index (χ0v) is 16.4. The Hall–Kier alpha value is -2.86. The monoisotopic (exact) mass is 382 g/mol. The summed E-state index contributed by atoms with van der Waals surface area (Å²) in [6, 6.07) is 13.8. The van der Waals surface area contributed by atoms with E-state index in [0.717, 1.165) is 22.6 Å². The van der Waals surface area contributed by atoms with E-state index in [2.05, 4.69) is 34.6 Å². The van der Waals surface area contributed by atoms with Crippen LogP contribution in [0.2, 0.25) is 0 Å². The molecule has 0 atom stereocenters. The highest BCUT2D eigenvalue weighted by Crippen LogP contribution is 2.34. The number of hydrogen-bond acceptors (Lipinski definition) is 5. The Morgan fingerprint density at radius 2 is 1.89 bits per heavy atom. The van der Waals surface area contributed by atoms with Crippen molar-refractivity contribution in [2.24, 2.45) is 0 Å². The smallest absolute Gasteiger partial charge is 0.226 e. The van der Waals surface area contributed by atoms with Gasteiger partial charge in [-0.25, -0.2) is 4.98 Å². The lowest BCUT2D eigenvalue weighted by molar-refractivity contribution is -0.116. The van der Waals surface area contributed by atoms with Crippen LogP contribution in [0.1, 0.15) is 17.5 Å². The lowest BCUT2D eigenvalue weighted by Crippen LogP contribution is -2.12. The van der Waals surface area contributed by atoms with Crippen molar-refractivity contribution in [2.75, 3.05) is 19.5 Å². The predicted octanol–water partition coefficient (Wildman–Crippen LogP) is 4.71. The van der Waals surface area contributed by atoms with Crippen LogP contribution in [0.25, 0.3) is 11.3 Å². The molecular formula is C21H22N2O3S. The highest BCUT2D eigenvalue weighted by Gasteiger charge is 2.13. The lowest BCUT2D eigenvalue weighted by atomic mass is 10.1. The number of nitrogens with one attached hydrogen (secondary N) is 1. The quantitative estimate of drug-likeness (QED) is 0.643. The first-order valence-corrected chi connectivity index (χ1v) is 9.50. The molecule has 0 saturated heterocycles. The number of thiazole rings is 1. The summed E-state index contributed by atoms with van der Waals surface area (Å²) in [5, 5.41) is 5.36. The molecule has 1 amide bonds. The van der Waals surface area contributed by atoms with E-state index in [1.165, 1.54) is 16.9 Å². The number of carbonyl (C=O) groups is 1. The van der Waals surface area contributed by atoms with Crippen LogP contribution in [0.5, 0.6) is 11.5 Å². The van der Waals surface area contributed by atoms with Gasteiger partial charge in [0.25, 0.3) is 0 Å². The van der Waals surface area contributed by atoms with Gasteiger partial charge >= 0.3 is 0 Å². The molecule has 140 valence electrons. The van der Waals surface area contributed by atoms with E-state index in [1.54, 1.807) is 14.2 Å².